The molecule has 0 aromatic rings. The van der Waals surface area contributed by atoms with Crippen LogP contribution in [-0.4, -0.2) is 50.0 Å². The summed E-state index contributed by atoms with van der Waals surface area (Å²) in [5.74, 6) is 1.16. The van der Waals surface area contributed by atoms with Crippen LogP contribution in [0, 0.1) is 0 Å². The van der Waals surface area contributed by atoms with Crippen molar-refractivity contribution in [2.45, 2.75) is 38.6 Å². The third-order valence-corrected chi connectivity index (χ3v) is 3.13. The van der Waals surface area contributed by atoms with E-state index >= 15 is 0 Å². The van der Waals surface area contributed by atoms with E-state index in [9.17, 15) is 0 Å². The van der Waals surface area contributed by atoms with Crippen molar-refractivity contribution in [3.8, 4) is 0 Å². The van der Waals surface area contributed by atoms with Crippen molar-refractivity contribution in [1.82, 2.24) is 10.2 Å². The van der Waals surface area contributed by atoms with Crippen LogP contribution in [0.5, 0.6) is 0 Å². The Morgan fingerprint density at radius 1 is 1.50 bits per heavy atom. The fourth-order valence-electron chi connectivity index (χ4n) is 2.14. The molecule has 1 aliphatic heterocycles. The van der Waals surface area contributed by atoms with E-state index in [0.717, 1.165) is 31.8 Å². The van der Waals surface area contributed by atoms with E-state index in [1.165, 1.54) is 25.9 Å². The number of nitrogens with two attached hydrogens (primary N) is 1. The summed E-state index contributed by atoms with van der Waals surface area (Å²) in [5.41, 5.74) is 5.47. The van der Waals surface area contributed by atoms with Crippen LogP contribution >= 0.6 is 0 Å². The number of amidine groups is 1. The highest BCUT2D eigenvalue weighted by atomic mass is 15.2. The molecule has 1 aliphatic rings. The Hall–Kier alpha value is -0.610. The summed E-state index contributed by atoms with van der Waals surface area (Å²) in [6, 6.07) is 0.544. The molecular weight excluding hydrogens is 200 g/mol. The number of aliphatic imine (C=N–C) groups is 1. The number of rotatable bonds is 7. The van der Waals surface area contributed by atoms with Crippen LogP contribution in [0.3, 0.4) is 0 Å². The largest absolute Gasteiger partial charge is 0.373 e. The van der Waals surface area contributed by atoms with Crippen molar-refractivity contribution in [1.29, 1.82) is 0 Å². The van der Waals surface area contributed by atoms with Gasteiger partial charge in [-0.3, -0.25) is 9.89 Å². The van der Waals surface area contributed by atoms with Crippen LogP contribution in [0.15, 0.2) is 4.99 Å². The van der Waals surface area contributed by atoms with Crippen LogP contribution in [0.4, 0.5) is 0 Å². The molecule has 3 N–H and O–H groups in total. The first-order valence-electron chi connectivity index (χ1n) is 6.48. The molecule has 1 fully saturated rings. The third-order valence-electron chi connectivity index (χ3n) is 3.13. The molecule has 4 nitrogen and oxygen atoms in total. The standard InChI is InChI=1S/C12H26N4/c1-3-9-16-10-6-11(16)12(14-2)15-8-5-4-7-13/h11H,3-10,13H2,1-2H3,(H,14,15)/t11-/m1/s1. The maximum Gasteiger partial charge on any atom is 0.113 e. The molecular formula is C12H26N4. The smallest absolute Gasteiger partial charge is 0.113 e. The molecule has 1 heterocycles. The number of nitrogens with one attached hydrogen (secondary N) is 1. The zero-order valence-corrected chi connectivity index (χ0v) is 10.7. The monoisotopic (exact) mass is 226 g/mol. The van der Waals surface area contributed by atoms with Crippen molar-refractivity contribution in [3.63, 3.8) is 0 Å². The summed E-state index contributed by atoms with van der Waals surface area (Å²) in [7, 11) is 1.88. The minimum Gasteiger partial charge on any atom is -0.373 e. The molecule has 1 rings (SSSR count). The van der Waals surface area contributed by atoms with Crippen molar-refractivity contribution >= 4 is 5.84 Å². The van der Waals surface area contributed by atoms with Gasteiger partial charge in [0.1, 0.15) is 5.84 Å². The summed E-state index contributed by atoms with van der Waals surface area (Å²) >= 11 is 0. The van der Waals surface area contributed by atoms with E-state index in [-0.39, 0.29) is 0 Å². The van der Waals surface area contributed by atoms with Crippen molar-refractivity contribution in [3.05, 3.63) is 0 Å². The van der Waals surface area contributed by atoms with Gasteiger partial charge in [0.25, 0.3) is 0 Å². The Kier molecular flexibility index (Phi) is 6.42. The Labute approximate surface area is 99.3 Å². The van der Waals surface area contributed by atoms with Gasteiger partial charge in [0.2, 0.25) is 0 Å². The SMILES string of the molecule is CCCN1CC[C@@H]1C(=NC)NCCCCN. The molecule has 0 aromatic heterocycles. The first kappa shape index (κ1) is 13.5. The normalized spacial score (nSPS) is 21.9. The van der Waals surface area contributed by atoms with Gasteiger partial charge in [-0.05, 0) is 38.8 Å². The summed E-state index contributed by atoms with van der Waals surface area (Å²) in [5, 5.41) is 3.45. The van der Waals surface area contributed by atoms with Gasteiger partial charge in [0.15, 0.2) is 0 Å². The van der Waals surface area contributed by atoms with E-state index in [4.69, 9.17) is 5.73 Å². The lowest BCUT2D eigenvalue weighted by Crippen LogP contribution is -2.56. The van der Waals surface area contributed by atoms with Crippen LogP contribution in [0.1, 0.15) is 32.6 Å². The molecule has 0 aromatic carbocycles. The lowest BCUT2D eigenvalue weighted by molar-refractivity contribution is 0.137. The maximum atomic E-state index is 5.47. The summed E-state index contributed by atoms with van der Waals surface area (Å²) < 4.78 is 0. The quantitative estimate of drug-likeness (QED) is 0.384. The number of likely N-dealkylation sites (tertiary alicyclic amines) is 1. The zero-order valence-electron chi connectivity index (χ0n) is 10.7. The Morgan fingerprint density at radius 3 is 2.81 bits per heavy atom. The Balaban J connectivity index is 2.26. The highest BCUT2D eigenvalue weighted by molar-refractivity contribution is 5.88. The topological polar surface area (TPSA) is 53.6 Å². The van der Waals surface area contributed by atoms with Gasteiger partial charge in [-0.15, -0.1) is 0 Å². The average molecular weight is 226 g/mol. The van der Waals surface area contributed by atoms with Crippen LogP contribution in [0.2, 0.25) is 0 Å². The number of hydrogen-bond donors (Lipinski definition) is 2. The molecule has 0 unspecified atom stereocenters. The van der Waals surface area contributed by atoms with Gasteiger partial charge in [0, 0.05) is 20.1 Å². The number of nitrogens with zero attached hydrogens (tertiary/aromatic N) is 2. The first-order chi connectivity index (χ1) is 7.83. The molecule has 0 aliphatic carbocycles. The maximum absolute atomic E-state index is 5.47. The summed E-state index contributed by atoms with van der Waals surface area (Å²) in [6.07, 6.45) is 4.70. The van der Waals surface area contributed by atoms with E-state index in [1.54, 1.807) is 0 Å². The summed E-state index contributed by atoms with van der Waals surface area (Å²) in [6.45, 7) is 6.43. The van der Waals surface area contributed by atoms with Gasteiger partial charge in [-0.2, -0.15) is 0 Å². The summed E-state index contributed by atoms with van der Waals surface area (Å²) in [4.78, 5) is 6.87. The van der Waals surface area contributed by atoms with E-state index in [2.05, 4.69) is 22.1 Å². The predicted octanol–water partition coefficient (Wildman–Crippen LogP) is 0.828. The van der Waals surface area contributed by atoms with E-state index < -0.39 is 0 Å². The van der Waals surface area contributed by atoms with Gasteiger partial charge >= 0.3 is 0 Å². The second kappa shape index (κ2) is 7.63. The molecule has 0 amide bonds. The molecule has 0 radical (unpaired) electrons. The highest BCUT2D eigenvalue weighted by Gasteiger charge is 2.30. The van der Waals surface area contributed by atoms with Gasteiger partial charge in [0.05, 0.1) is 6.04 Å². The lowest BCUT2D eigenvalue weighted by Gasteiger charge is -2.41. The van der Waals surface area contributed by atoms with Crippen molar-refractivity contribution < 1.29 is 0 Å². The zero-order chi connectivity index (χ0) is 11.8. The Bertz CT molecular complexity index is 215. The second-order valence-corrected chi connectivity index (χ2v) is 4.37. The Morgan fingerprint density at radius 2 is 2.31 bits per heavy atom. The van der Waals surface area contributed by atoms with E-state index in [0.29, 0.717) is 6.04 Å². The molecule has 94 valence electrons. The number of hydrogen-bond acceptors (Lipinski definition) is 3. The number of unbranched alkanes of at least 4 members (excludes halogenated alkanes) is 1. The lowest BCUT2D eigenvalue weighted by atomic mass is 10.0. The molecule has 0 spiro atoms. The van der Waals surface area contributed by atoms with Crippen LogP contribution in [-0.2, 0) is 0 Å². The molecule has 1 saturated heterocycles. The molecule has 0 bridgehead atoms. The average Bonchev–Trinajstić information content (AvgIpc) is 2.28. The fourth-order valence-corrected chi connectivity index (χ4v) is 2.14. The molecule has 16 heavy (non-hydrogen) atoms. The van der Waals surface area contributed by atoms with E-state index in [1.807, 2.05) is 7.05 Å². The minimum absolute atomic E-state index is 0.544. The van der Waals surface area contributed by atoms with Gasteiger partial charge < -0.3 is 11.1 Å². The van der Waals surface area contributed by atoms with Crippen molar-refractivity contribution in [2.24, 2.45) is 10.7 Å². The second-order valence-electron chi connectivity index (χ2n) is 4.37. The van der Waals surface area contributed by atoms with Crippen molar-refractivity contribution in [2.75, 3.05) is 33.2 Å². The molecule has 0 saturated carbocycles. The van der Waals surface area contributed by atoms with Crippen LogP contribution < -0.4 is 11.1 Å². The molecule has 1 atom stereocenters. The van der Waals surface area contributed by atoms with Gasteiger partial charge in [-0.25, -0.2) is 0 Å². The minimum atomic E-state index is 0.544. The highest BCUT2D eigenvalue weighted by Crippen LogP contribution is 2.18. The van der Waals surface area contributed by atoms with Crippen LogP contribution in [0.25, 0.3) is 0 Å². The third kappa shape index (κ3) is 3.76. The fraction of sp³-hybridized carbons (Fsp3) is 0.917. The first-order valence-corrected chi connectivity index (χ1v) is 6.48. The van der Waals surface area contributed by atoms with Gasteiger partial charge in [-0.1, -0.05) is 6.92 Å². The predicted molar refractivity (Wildman–Crippen MR) is 69.9 cm³/mol. The molecule has 4 heteroatoms.